The average Bonchev–Trinajstić information content (AvgIpc) is 2.75. The fourth-order valence-corrected chi connectivity index (χ4v) is 2.85. The van der Waals surface area contributed by atoms with Crippen LogP contribution in [0.25, 0.3) is 0 Å². The summed E-state index contributed by atoms with van der Waals surface area (Å²) in [6.07, 6.45) is 3.63. The summed E-state index contributed by atoms with van der Waals surface area (Å²) in [6.45, 7) is 1.07. The van der Waals surface area contributed by atoms with Crippen LogP contribution in [0.15, 0.2) is 16.8 Å². The van der Waals surface area contributed by atoms with Crippen LogP contribution in [0, 0.1) is 0 Å². The lowest BCUT2D eigenvalue weighted by atomic mass is 10.2. The van der Waals surface area contributed by atoms with Crippen molar-refractivity contribution in [2.45, 2.75) is 37.9 Å². The number of hydrogen-bond acceptors (Lipinski definition) is 3. The normalized spacial score (nSPS) is 27.4. The van der Waals surface area contributed by atoms with Crippen molar-refractivity contribution >= 4 is 11.3 Å². The molecule has 3 heteroatoms. The van der Waals surface area contributed by atoms with Crippen LogP contribution in [0.3, 0.4) is 0 Å². The van der Waals surface area contributed by atoms with Gasteiger partial charge in [0.1, 0.15) is 0 Å². The predicted octanol–water partition coefficient (Wildman–Crippen LogP) is 2.06. The maximum Gasteiger partial charge on any atom is 0.0241 e. The molecule has 1 fully saturated rings. The van der Waals surface area contributed by atoms with E-state index in [1.807, 2.05) is 0 Å². The first-order chi connectivity index (χ1) is 6.75. The highest BCUT2D eigenvalue weighted by molar-refractivity contribution is 7.07. The van der Waals surface area contributed by atoms with Gasteiger partial charge in [0.2, 0.25) is 0 Å². The molecule has 78 valence electrons. The number of nitrogens with zero attached hydrogens (tertiary/aromatic N) is 1. The van der Waals surface area contributed by atoms with E-state index in [1.165, 1.54) is 24.8 Å². The molecule has 14 heavy (non-hydrogen) atoms. The van der Waals surface area contributed by atoms with Crippen molar-refractivity contribution in [3.8, 4) is 0 Å². The van der Waals surface area contributed by atoms with Crippen molar-refractivity contribution in [3.63, 3.8) is 0 Å². The van der Waals surface area contributed by atoms with Crippen molar-refractivity contribution in [2.24, 2.45) is 5.73 Å². The monoisotopic (exact) mass is 210 g/mol. The lowest BCUT2D eigenvalue weighted by molar-refractivity contribution is 0.236. The van der Waals surface area contributed by atoms with E-state index in [9.17, 15) is 0 Å². The van der Waals surface area contributed by atoms with Gasteiger partial charge in [0.15, 0.2) is 0 Å². The van der Waals surface area contributed by atoms with Crippen molar-refractivity contribution in [1.82, 2.24) is 4.90 Å². The Kier molecular flexibility index (Phi) is 3.21. The Bertz CT molecular complexity index is 271. The van der Waals surface area contributed by atoms with Crippen molar-refractivity contribution in [1.29, 1.82) is 0 Å². The van der Waals surface area contributed by atoms with Gasteiger partial charge < -0.3 is 5.73 Å². The van der Waals surface area contributed by atoms with Gasteiger partial charge in [-0.2, -0.15) is 11.3 Å². The van der Waals surface area contributed by atoms with E-state index >= 15 is 0 Å². The van der Waals surface area contributed by atoms with E-state index in [1.54, 1.807) is 11.3 Å². The van der Waals surface area contributed by atoms with Crippen molar-refractivity contribution in [3.05, 3.63) is 22.4 Å². The molecule has 0 saturated heterocycles. The molecule has 2 rings (SSSR count). The molecule has 2 unspecified atom stereocenters. The first-order valence-electron chi connectivity index (χ1n) is 5.22. The Labute approximate surface area is 89.7 Å². The zero-order valence-electron chi connectivity index (χ0n) is 8.65. The van der Waals surface area contributed by atoms with Crippen LogP contribution in [-0.4, -0.2) is 24.0 Å². The second-order valence-corrected chi connectivity index (χ2v) is 5.05. The second kappa shape index (κ2) is 4.43. The Morgan fingerprint density at radius 2 is 2.43 bits per heavy atom. The predicted molar refractivity (Wildman–Crippen MR) is 61.4 cm³/mol. The first kappa shape index (κ1) is 10.1. The minimum atomic E-state index is 0.435. The summed E-state index contributed by atoms with van der Waals surface area (Å²) in [4.78, 5) is 2.44. The van der Waals surface area contributed by atoms with Crippen molar-refractivity contribution in [2.75, 3.05) is 7.05 Å². The molecule has 0 amide bonds. The molecule has 2 nitrogen and oxygen atoms in total. The van der Waals surface area contributed by atoms with Gasteiger partial charge in [-0.15, -0.1) is 0 Å². The number of hydrogen-bond donors (Lipinski definition) is 1. The topological polar surface area (TPSA) is 29.3 Å². The van der Waals surface area contributed by atoms with Crippen LogP contribution in [0.4, 0.5) is 0 Å². The summed E-state index contributed by atoms with van der Waals surface area (Å²) in [7, 11) is 2.21. The van der Waals surface area contributed by atoms with E-state index in [4.69, 9.17) is 5.73 Å². The summed E-state index contributed by atoms with van der Waals surface area (Å²) >= 11 is 1.77. The highest BCUT2D eigenvalue weighted by Gasteiger charge is 2.24. The average molecular weight is 210 g/mol. The van der Waals surface area contributed by atoms with E-state index in [2.05, 4.69) is 28.8 Å². The summed E-state index contributed by atoms with van der Waals surface area (Å²) in [5.74, 6) is 0. The highest BCUT2D eigenvalue weighted by atomic mass is 32.1. The molecule has 1 saturated carbocycles. The van der Waals surface area contributed by atoms with Gasteiger partial charge in [0.25, 0.3) is 0 Å². The van der Waals surface area contributed by atoms with Crippen LogP contribution >= 0.6 is 11.3 Å². The van der Waals surface area contributed by atoms with Gasteiger partial charge in [0, 0.05) is 18.6 Å². The highest BCUT2D eigenvalue weighted by Crippen LogP contribution is 2.23. The molecule has 1 aliphatic carbocycles. The van der Waals surface area contributed by atoms with Crippen LogP contribution in [-0.2, 0) is 6.54 Å². The van der Waals surface area contributed by atoms with Gasteiger partial charge in [0.05, 0.1) is 0 Å². The van der Waals surface area contributed by atoms with Crippen LogP contribution in [0.1, 0.15) is 24.8 Å². The number of rotatable bonds is 3. The van der Waals surface area contributed by atoms with Gasteiger partial charge >= 0.3 is 0 Å². The lowest BCUT2D eigenvalue weighted by Gasteiger charge is -2.23. The molecular formula is C11H18N2S. The molecule has 0 aromatic carbocycles. The fourth-order valence-electron chi connectivity index (χ4n) is 2.19. The minimum absolute atomic E-state index is 0.435. The van der Waals surface area contributed by atoms with Gasteiger partial charge in [-0.05, 0) is 48.7 Å². The smallest absolute Gasteiger partial charge is 0.0241 e. The van der Waals surface area contributed by atoms with Gasteiger partial charge in [-0.1, -0.05) is 0 Å². The molecule has 1 heterocycles. The SMILES string of the molecule is CN(Cc1ccsc1)C1CCC(N)C1. The molecule has 0 spiro atoms. The Balaban J connectivity index is 1.87. The molecule has 1 aromatic heterocycles. The van der Waals surface area contributed by atoms with E-state index in [0.29, 0.717) is 12.1 Å². The third kappa shape index (κ3) is 2.35. The second-order valence-electron chi connectivity index (χ2n) is 4.27. The summed E-state index contributed by atoms with van der Waals surface area (Å²) in [5, 5.41) is 4.37. The summed E-state index contributed by atoms with van der Waals surface area (Å²) < 4.78 is 0. The number of thiophene rings is 1. The molecular weight excluding hydrogens is 192 g/mol. The van der Waals surface area contributed by atoms with E-state index in [-0.39, 0.29) is 0 Å². The Morgan fingerprint density at radius 1 is 1.57 bits per heavy atom. The molecule has 0 aliphatic heterocycles. The molecule has 1 aromatic rings. The zero-order chi connectivity index (χ0) is 9.97. The largest absolute Gasteiger partial charge is 0.328 e. The van der Waals surface area contributed by atoms with Gasteiger partial charge in [-0.3, -0.25) is 4.90 Å². The standard InChI is InChI=1S/C11H18N2S/c1-13(7-9-4-5-14-8-9)11-3-2-10(12)6-11/h4-5,8,10-11H,2-3,6-7,12H2,1H3. The Morgan fingerprint density at radius 3 is 3.00 bits per heavy atom. The maximum absolute atomic E-state index is 5.91. The molecule has 1 aliphatic rings. The molecule has 2 N–H and O–H groups in total. The van der Waals surface area contributed by atoms with Crippen LogP contribution in [0.2, 0.25) is 0 Å². The maximum atomic E-state index is 5.91. The first-order valence-corrected chi connectivity index (χ1v) is 6.17. The van der Waals surface area contributed by atoms with Crippen molar-refractivity contribution < 1.29 is 0 Å². The quantitative estimate of drug-likeness (QED) is 0.827. The van der Waals surface area contributed by atoms with E-state index < -0.39 is 0 Å². The zero-order valence-corrected chi connectivity index (χ0v) is 9.46. The molecule has 0 bridgehead atoms. The van der Waals surface area contributed by atoms with Crippen LogP contribution in [0.5, 0.6) is 0 Å². The van der Waals surface area contributed by atoms with E-state index in [0.717, 1.165) is 6.54 Å². The van der Waals surface area contributed by atoms with Crippen LogP contribution < -0.4 is 5.73 Å². The fraction of sp³-hybridized carbons (Fsp3) is 0.636. The minimum Gasteiger partial charge on any atom is -0.328 e. The lowest BCUT2D eigenvalue weighted by Crippen LogP contribution is -2.30. The third-order valence-corrected chi connectivity index (χ3v) is 3.81. The Hall–Kier alpha value is -0.380. The number of nitrogens with two attached hydrogens (primary N) is 1. The molecule has 2 atom stereocenters. The third-order valence-electron chi connectivity index (χ3n) is 3.08. The van der Waals surface area contributed by atoms with Gasteiger partial charge in [-0.25, -0.2) is 0 Å². The summed E-state index contributed by atoms with van der Waals surface area (Å²) in [5.41, 5.74) is 7.34. The summed E-state index contributed by atoms with van der Waals surface area (Å²) in [6, 6.07) is 3.34. The molecule has 0 radical (unpaired) electrons.